The van der Waals surface area contributed by atoms with Gasteiger partial charge in [-0.2, -0.15) is 0 Å². The Morgan fingerprint density at radius 3 is 2.29 bits per heavy atom. The van der Waals surface area contributed by atoms with Gasteiger partial charge in [0.25, 0.3) is 0 Å². The first-order valence-electron chi connectivity index (χ1n) is 7.31. The highest BCUT2D eigenvalue weighted by molar-refractivity contribution is 5.49. The summed E-state index contributed by atoms with van der Waals surface area (Å²) in [6, 6.07) is 10.5. The summed E-state index contributed by atoms with van der Waals surface area (Å²) in [6.07, 6.45) is 2.66. The molecule has 3 heterocycles. The molecule has 0 N–H and O–H groups in total. The molecule has 2 atom stereocenters. The molecule has 0 saturated carbocycles. The number of fused-ring (bicyclic) bond motifs is 1. The van der Waals surface area contributed by atoms with Crippen LogP contribution in [-0.4, -0.2) is 36.1 Å². The average Bonchev–Trinajstić information content (AvgIpc) is 3.07. The van der Waals surface area contributed by atoms with Gasteiger partial charge in [0.1, 0.15) is 6.33 Å². The van der Waals surface area contributed by atoms with Crippen LogP contribution < -0.4 is 9.80 Å². The summed E-state index contributed by atoms with van der Waals surface area (Å²) in [6.45, 7) is 3.83. The van der Waals surface area contributed by atoms with Crippen LogP contribution in [0.2, 0.25) is 0 Å². The van der Waals surface area contributed by atoms with Crippen molar-refractivity contribution < 1.29 is 4.39 Å². The zero-order valence-electron chi connectivity index (χ0n) is 11.7. The third-order valence-electron chi connectivity index (χ3n) is 4.56. The molecule has 2 aliphatic rings. The Morgan fingerprint density at radius 1 is 0.952 bits per heavy atom. The summed E-state index contributed by atoms with van der Waals surface area (Å²) in [5.74, 6) is 1.29. The van der Waals surface area contributed by atoms with Crippen LogP contribution in [0.4, 0.5) is 15.9 Å². The fourth-order valence-corrected chi connectivity index (χ4v) is 3.55. The standard InChI is InChI=1S/C16H17FN4/c17-15-6-18-11-19-16(15)21-9-12-7-20(8-13(12)10-21)14-4-2-1-3-5-14/h1-6,11-13H,7-10H2. The maximum absolute atomic E-state index is 13.8. The maximum atomic E-state index is 13.8. The van der Waals surface area contributed by atoms with Crippen molar-refractivity contribution in [1.82, 2.24) is 9.97 Å². The lowest BCUT2D eigenvalue weighted by molar-refractivity contribution is 0.533. The Hall–Kier alpha value is -2.17. The highest BCUT2D eigenvalue weighted by Gasteiger charge is 2.41. The number of benzene rings is 1. The van der Waals surface area contributed by atoms with Gasteiger partial charge in [0.15, 0.2) is 11.6 Å². The van der Waals surface area contributed by atoms with Gasteiger partial charge in [-0.15, -0.1) is 0 Å². The summed E-state index contributed by atoms with van der Waals surface area (Å²) in [7, 11) is 0. The van der Waals surface area contributed by atoms with E-state index in [1.165, 1.54) is 18.2 Å². The van der Waals surface area contributed by atoms with Crippen molar-refractivity contribution in [2.24, 2.45) is 11.8 Å². The number of para-hydroxylation sites is 1. The van der Waals surface area contributed by atoms with Crippen molar-refractivity contribution in [2.45, 2.75) is 0 Å². The lowest BCUT2D eigenvalue weighted by Crippen LogP contribution is -2.29. The van der Waals surface area contributed by atoms with Crippen LogP contribution in [0.3, 0.4) is 0 Å². The van der Waals surface area contributed by atoms with E-state index >= 15 is 0 Å². The van der Waals surface area contributed by atoms with E-state index in [0.717, 1.165) is 26.2 Å². The number of aromatic nitrogens is 2. The SMILES string of the molecule is Fc1cncnc1N1CC2CN(c3ccccc3)CC2C1. The third kappa shape index (κ3) is 2.22. The number of nitrogens with zero attached hydrogens (tertiary/aromatic N) is 4. The number of halogens is 1. The molecular formula is C16H17FN4. The second-order valence-corrected chi connectivity index (χ2v) is 5.86. The molecule has 0 amide bonds. The molecule has 108 valence electrons. The van der Waals surface area contributed by atoms with Crippen LogP contribution in [0.15, 0.2) is 42.9 Å². The predicted molar refractivity (Wildman–Crippen MR) is 79.8 cm³/mol. The van der Waals surface area contributed by atoms with Crippen LogP contribution in [-0.2, 0) is 0 Å². The number of rotatable bonds is 2. The van der Waals surface area contributed by atoms with Gasteiger partial charge < -0.3 is 9.80 Å². The third-order valence-corrected chi connectivity index (χ3v) is 4.56. The molecule has 1 aromatic heterocycles. The lowest BCUT2D eigenvalue weighted by Gasteiger charge is -2.23. The van der Waals surface area contributed by atoms with Crippen molar-refractivity contribution >= 4 is 11.5 Å². The van der Waals surface area contributed by atoms with Crippen LogP contribution in [0, 0.1) is 17.7 Å². The summed E-state index contributed by atoms with van der Waals surface area (Å²) < 4.78 is 13.8. The van der Waals surface area contributed by atoms with Crippen molar-refractivity contribution in [3.63, 3.8) is 0 Å². The topological polar surface area (TPSA) is 32.3 Å². The largest absolute Gasteiger partial charge is 0.371 e. The van der Waals surface area contributed by atoms with E-state index in [-0.39, 0.29) is 5.82 Å². The zero-order chi connectivity index (χ0) is 14.2. The van der Waals surface area contributed by atoms with Crippen LogP contribution in [0.5, 0.6) is 0 Å². The summed E-state index contributed by atoms with van der Waals surface area (Å²) in [5, 5.41) is 0. The van der Waals surface area contributed by atoms with E-state index < -0.39 is 0 Å². The second-order valence-electron chi connectivity index (χ2n) is 5.86. The molecule has 4 rings (SSSR count). The van der Waals surface area contributed by atoms with Gasteiger partial charge in [-0.1, -0.05) is 18.2 Å². The molecule has 0 spiro atoms. The molecular weight excluding hydrogens is 267 g/mol. The fraction of sp³-hybridized carbons (Fsp3) is 0.375. The molecule has 2 unspecified atom stereocenters. The summed E-state index contributed by atoms with van der Waals surface area (Å²) in [5.41, 5.74) is 1.28. The Kier molecular flexibility index (Phi) is 2.98. The number of hydrogen-bond acceptors (Lipinski definition) is 4. The van der Waals surface area contributed by atoms with E-state index in [1.807, 2.05) is 6.07 Å². The van der Waals surface area contributed by atoms with Crippen LogP contribution in [0.1, 0.15) is 0 Å². The minimum atomic E-state index is -0.322. The lowest BCUT2D eigenvalue weighted by atomic mass is 10.0. The molecule has 4 nitrogen and oxygen atoms in total. The van der Waals surface area contributed by atoms with Gasteiger partial charge in [0.2, 0.25) is 0 Å². The van der Waals surface area contributed by atoms with Crippen molar-refractivity contribution in [1.29, 1.82) is 0 Å². The molecule has 21 heavy (non-hydrogen) atoms. The normalized spacial score (nSPS) is 24.4. The fourth-order valence-electron chi connectivity index (χ4n) is 3.55. The molecule has 2 aliphatic heterocycles. The predicted octanol–water partition coefficient (Wildman–Crippen LogP) is 2.19. The molecule has 0 radical (unpaired) electrons. The second kappa shape index (κ2) is 4.98. The van der Waals surface area contributed by atoms with E-state index in [1.54, 1.807) is 0 Å². The molecule has 5 heteroatoms. The van der Waals surface area contributed by atoms with Gasteiger partial charge in [-0.05, 0) is 12.1 Å². The van der Waals surface area contributed by atoms with E-state index in [2.05, 4.69) is 44.0 Å². The van der Waals surface area contributed by atoms with Crippen molar-refractivity contribution in [3.05, 3.63) is 48.7 Å². The number of anilines is 2. The van der Waals surface area contributed by atoms with Gasteiger partial charge in [-0.25, -0.2) is 14.4 Å². The van der Waals surface area contributed by atoms with Gasteiger partial charge in [0.05, 0.1) is 6.20 Å². The molecule has 2 aromatic rings. The molecule has 2 saturated heterocycles. The van der Waals surface area contributed by atoms with E-state index in [9.17, 15) is 4.39 Å². The number of hydrogen-bond donors (Lipinski definition) is 0. The summed E-state index contributed by atoms with van der Waals surface area (Å²) in [4.78, 5) is 12.3. The first-order valence-corrected chi connectivity index (χ1v) is 7.31. The quantitative estimate of drug-likeness (QED) is 0.846. The highest BCUT2D eigenvalue weighted by atomic mass is 19.1. The Morgan fingerprint density at radius 2 is 1.62 bits per heavy atom. The summed E-state index contributed by atoms with van der Waals surface area (Å²) >= 11 is 0. The smallest absolute Gasteiger partial charge is 0.183 e. The van der Waals surface area contributed by atoms with E-state index in [0.29, 0.717) is 17.7 Å². The zero-order valence-corrected chi connectivity index (χ0v) is 11.7. The monoisotopic (exact) mass is 284 g/mol. The first-order chi connectivity index (χ1) is 10.3. The minimum absolute atomic E-state index is 0.322. The molecule has 0 aliphatic carbocycles. The van der Waals surface area contributed by atoms with E-state index in [4.69, 9.17) is 0 Å². The molecule has 1 aromatic carbocycles. The Labute approximate surface area is 123 Å². The van der Waals surface area contributed by atoms with Crippen molar-refractivity contribution in [2.75, 3.05) is 36.0 Å². The van der Waals surface area contributed by atoms with Crippen LogP contribution in [0.25, 0.3) is 0 Å². The average molecular weight is 284 g/mol. The van der Waals surface area contributed by atoms with Gasteiger partial charge in [-0.3, -0.25) is 0 Å². The minimum Gasteiger partial charge on any atom is -0.371 e. The van der Waals surface area contributed by atoms with Crippen LogP contribution >= 0.6 is 0 Å². The highest BCUT2D eigenvalue weighted by Crippen LogP contribution is 2.35. The van der Waals surface area contributed by atoms with Gasteiger partial charge in [0, 0.05) is 43.7 Å². The first kappa shape index (κ1) is 12.6. The Bertz CT molecular complexity index is 619. The maximum Gasteiger partial charge on any atom is 0.183 e. The van der Waals surface area contributed by atoms with Crippen molar-refractivity contribution in [3.8, 4) is 0 Å². The molecule has 2 fully saturated rings. The molecule has 0 bridgehead atoms. The van der Waals surface area contributed by atoms with Gasteiger partial charge >= 0.3 is 0 Å². The Balaban J connectivity index is 1.48.